The molecule has 5 rings (SSSR count). The number of benzene rings is 2. The summed E-state index contributed by atoms with van der Waals surface area (Å²) in [4.78, 5) is 17.4. The van der Waals surface area contributed by atoms with Crippen LogP contribution in [0.1, 0.15) is 46.3 Å². The summed E-state index contributed by atoms with van der Waals surface area (Å²) in [5.74, 6) is 0.378. The zero-order valence-corrected chi connectivity index (χ0v) is 19.7. The fourth-order valence-electron chi connectivity index (χ4n) is 4.46. The molecule has 1 N–H and O–H groups in total. The normalized spacial score (nSPS) is 15.0. The van der Waals surface area contributed by atoms with E-state index >= 15 is 0 Å². The van der Waals surface area contributed by atoms with Gasteiger partial charge in [-0.3, -0.25) is 9.78 Å². The van der Waals surface area contributed by atoms with Gasteiger partial charge in [0.2, 0.25) is 0 Å². The summed E-state index contributed by atoms with van der Waals surface area (Å²) in [5.41, 5.74) is 5.79. The van der Waals surface area contributed by atoms with Crippen LogP contribution in [0.3, 0.4) is 0 Å². The lowest BCUT2D eigenvalue weighted by molar-refractivity contribution is 0.102. The van der Waals surface area contributed by atoms with Gasteiger partial charge in [0.15, 0.2) is 5.69 Å². The topological polar surface area (TPSA) is 81.9 Å². The number of aryl methyl sites for hydroxylation is 1. The maximum absolute atomic E-state index is 13.1. The van der Waals surface area contributed by atoms with Gasteiger partial charge in [-0.15, -0.1) is 5.10 Å². The van der Waals surface area contributed by atoms with Crippen LogP contribution >= 0.6 is 11.6 Å². The average molecular weight is 474 g/mol. The minimum absolute atomic E-state index is 0.0401. The first-order valence-corrected chi connectivity index (χ1v) is 11.5. The fourth-order valence-corrected chi connectivity index (χ4v) is 4.59. The first-order chi connectivity index (χ1) is 16.5. The number of ether oxygens (including phenoxy) is 1. The summed E-state index contributed by atoms with van der Waals surface area (Å²) in [6.45, 7) is 1.95. The van der Waals surface area contributed by atoms with E-state index < -0.39 is 0 Å². The number of hydrogen-bond acceptors (Lipinski definition) is 5. The Morgan fingerprint density at radius 1 is 1.15 bits per heavy atom. The van der Waals surface area contributed by atoms with Gasteiger partial charge in [0, 0.05) is 34.2 Å². The monoisotopic (exact) mass is 473 g/mol. The third-order valence-electron chi connectivity index (χ3n) is 6.11. The van der Waals surface area contributed by atoms with Gasteiger partial charge in [0.05, 0.1) is 18.8 Å². The molecule has 2 aromatic heterocycles. The summed E-state index contributed by atoms with van der Waals surface area (Å²) in [5, 5.41) is 12.2. The molecule has 0 saturated heterocycles. The molecule has 7 nitrogen and oxygen atoms in total. The predicted molar refractivity (Wildman–Crippen MR) is 131 cm³/mol. The molecule has 0 saturated carbocycles. The lowest BCUT2D eigenvalue weighted by Crippen LogP contribution is -2.22. The lowest BCUT2D eigenvalue weighted by atomic mass is 9.96. The largest absolute Gasteiger partial charge is 0.496 e. The van der Waals surface area contributed by atoms with Crippen LogP contribution in [-0.4, -0.2) is 33.0 Å². The number of rotatable bonds is 5. The molecule has 2 aromatic carbocycles. The van der Waals surface area contributed by atoms with Crippen molar-refractivity contribution >= 4 is 23.2 Å². The van der Waals surface area contributed by atoms with Crippen molar-refractivity contribution in [2.75, 3.05) is 12.4 Å². The summed E-state index contributed by atoms with van der Waals surface area (Å²) >= 11 is 6.05. The van der Waals surface area contributed by atoms with Crippen molar-refractivity contribution in [3.8, 4) is 16.9 Å². The number of pyridine rings is 1. The second-order valence-corrected chi connectivity index (χ2v) is 8.78. The van der Waals surface area contributed by atoms with Crippen LogP contribution in [0.25, 0.3) is 11.1 Å². The highest BCUT2D eigenvalue weighted by Crippen LogP contribution is 2.34. The molecule has 1 aliphatic rings. The molecule has 4 aromatic rings. The second kappa shape index (κ2) is 9.27. The van der Waals surface area contributed by atoms with Gasteiger partial charge in [-0.2, -0.15) is 0 Å². The van der Waals surface area contributed by atoms with Crippen LogP contribution in [0.15, 0.2) is 60.8 Å². The third-order valence-corrected chi connectivity index (χ3v) is 6.37. The lowest BCUT2D eigenvalue weighted by Gasteiger charge is -2.24. The van der Waals surface area contributed by atoms with Crippen LogP contribution in [0, 0.1) is 6.92 Å². The Labute approximate surface area is 202 Å². The zero-order valence-electron chi connectivity index (χ0n) is 19.0. The maximum Gasteiger partial charge on any atom is 0.278 e. The Balaban J connectivity index is 1.40. The number of carbonyl (C=O) groups excluding carboxylic acids is 1. The van der Waals surface area contributed by atoms with E-state index in [2.05, 4.69) is 20.6 Å². The zero-order chi connectivity index (χ0) is 23.7. The smallest absolute Gasteiger partial charge is 0.278 e. The van der Waals surface area contributed by atoms with Gasteiger partial charge in [0.25, 0.3) is 5.91 Å². The van der Waals surface area contributed by atoms with E-state index in [9.17, 15) is 4.79 Å². The molecule has 3 heterocycles. The highest BCUT2D eigenvalue weighted by atomic mass is 35.5. The Morgan fingerprint density at radius 3 is 2.74 bits per heavy atom. The number of aromatic nitrogens is 4. The summed E-state index contributed by atoms with van der Waals surface area (Å²) in [6.07, 6.45) is 4.41. The molecule has 0 bridgehead atoms. The minimum atomic E-state index is -0.285. The maximum atomic E-state index is 13.1. The molecule has 0 aliphatic carbocycles. The molecule has 0 radical (unpaired) electrons. The highest BCUT2D eigenvalue weighted by molar-refractivity contribution is 6.30. The second-order valence-electron chi connectivity index (χ2n) is 8.34. The van der Waals surface area contributed by atoms with Crippen molar-refractivity contribution in [3.63, 3.8) is 0 Å². The van der Waals surface area contributed by atoms with Crippen LogP contribution in [-0.2, 0) is 6.42 Å². The molecule has 172 valence electrons. The molecular weight excluding hydrogens is 450 g/mol. The van der Waals surface area contributed by atoms with Crippen molar-refractivity contribution in [2.24, 2.45) is 0 Å². The van der Waals surface area contributed by atoms with E-state index in [-0.39, 0.29) is 11.9 Å². The quantitative estimate of drug-likeness (QED) is 0.414. The molecular formula is C26H24ClN5O2. The van der Waals surface area contributed by atoms with Crippen LogP contribution < -0.4 is 10.1 Å². The summed E-state index contributed by atoms with van der Waals surface area (Å²) in [7, 11) is 1.62. The van der Waals surface area contributed by atoms with Crippen LogP contribution in [0.2, 0.25) is 5.02 Å². The molecule has 1 aliphatic heterocycles. The van der Waals surface area contributed by atoms with Gasteiger partial charge in [-0.1, -0.05) is 28.9 Å². The number of fused-ring (bicyclic) bond motifs is 1. The molecule has 0 spiro atoms. The Bertz CT molecular complexity index is 1350. The third kappa shape index (κ3) is 4.26. The van der Waals surface area contributed by atoms with E-state index in [0.29, 0.717) is 22.2 Å². The SMILES string of the molecule is COc1cc(NC(=O)c2nnn3c2CCCC3c2ccc(Cl)cc2)ccc1-c1ccnc(C)c1. The molecule has 8 heteroatoms. The Morgan fingerprint density at radius 2 is 1.97 bits per heavy atom. The van der Waals surface area contributed by atoms with Crippen LogP contribution in [0.4, 0.5) is 5.69 Å². The molecule has 1 amide bonds. The van der Waals surface area contributed by atoms with Crippen molar-refractivity contribution in [2.45, 2.75) is 32.2 Å². The Kier molecular flexibility index (Phi) is 6.02. The average Bonchev–Trinajstić information content (AvgIpc) is 3.29. The molecule has 0 fully saturated rings. The van der Waals surface area contributed by atoms with Crippen molar-refractivity contribution < 1.29 is 9.53 Å². The van der Waals surface area contributed by atoms with E-state index in [4.69, 9.17) is 16.3 Å². The number of nitrogens with one attached hydrogen (secondary N) is 1. The van der Waals surface area contributed by atoms with Crippen molar-refractivity contribution in [1.29, 1.82) is 0 Å². The van der Waals surface area contributed by atoms with Gasteiger partial charge >= 0.3 is 0 Å². The number of carbonyl (C=O) groups is 1. The van der Waals surface area contributed by atoms with Gasteiger partial charge in [0.1, 0.15) is 5.75 Å². The predicted octanol–water partition coefficient (Wildman–Crippen LogP) is 5.49. The minimum Gasteiger partial charge on any atom is -0.496 e. The summed E-state index contributed by atoms with van der Waals surface area (Å²) in [6, 6.07) is 17.3. The first kappa shape index (κ1) is 22.1. The van der Waals surface area contributed by atoms with E-state index in [0.717, 1.165) is 47.3 Å². The molecule has 34 heavy (non-hydrogen) atoms. The first-order valence-electron chi connectivity index (χ1n) is 11.2. The van der Waals surface area contributed by atoms with E-state index in [1.165, 1.54) is 0 Å². The van der Waals surface area contributed by atoms with Crippen molar-refractivity contribution in [1.82, 2.24) is 20.0 Å². The van der Waals surface area contributed by atoms with E-state index in [1.54, 1.807) is 13.3 Å². The van der Waals surface area contributed by atoms with Gasteiger partial charge < -0.3 is 10.1 Å². The number of amides is 1. The number of methoxy groups -OCH3 is 1. The van der Waals surface area contributed by atoms with Gasteiger partial charge in [-0.05, 0) is 73.7 Å². The van der Waals surface area contributed by atoms with E-state index in [1.807, 2.05) is 66.2 Å². The standard InChI is InChI=1S/C26H24ClN5O2/c1-16-14-18(12-13-28-16)21-11-10-20(15-24(21)34-2)29-26(33)25-23-5-3-4-22(32(23)31-30-25)17-6-8-19(27)9-7-17/h6-15,22H,3-5H2,1-2H3,(H,29,33). The van der Waals surface area contributed by atoms with Gasteiger partial charge in [-0.25, -0.2) is 4.68 Å². The fraction of sp³-hybridized carbons (Fsp3) is 0.231. The van der Waals surface area contributed by atoms with Crippen LogP contribution in [0.5, 0.6) is 5.75 Å². The molecule has 1 atom stereocenters. The number of nitrogens with zero attached hydrogens (tertiary/aromatic N) is 4. The highest BCUT2D eigenvalue weighted by Gasteiger charge is 2.28. The number of anilines is 1. The number of halogens is 1. The summed E-state index contributed by atoms with van der Waals surface area (Å²) < 4.78 is 7.47. The number of hydrogen-bond donors (Lipinski definition) is 1. The van der Waals surface area contributed by atoms with Crippen molar-refractivity contribution in [3.05, 3.63) is 88.5 Å². The molecule has 1 unspecified atom stereocenters. The Hall–Kier alpha value is -3.71.